The molecule has 1 saturated heterocycles. The lowest BCUT2D eigenvalue weighted by molar-refractivity contribution is -0.119. The normalized spacial score (nSPS) is 18.6. The zero-order valence-electron chi connectivity index (χ0n) is 10.7. The molecule has 7 nitrogen and oxygen atoms in total. The second kappa shape index (κ2) is 6.01. The van der Waals surface area contributed by atoms with Crippen LogP contribution in [0.15, 0.2) is 0 Å². The van der Waals surface area contributed by atoms with Crippen LogP contribution in [0, 0.1) is 0 Å². The van der Waals surface area contributed by atoms with Crippen molar-refractivity contribution in [1.82, 2.24) is 15.0 Å². The average Bonchev–Trinajstić information content (AvgIpc) is 2.85. The molecule has 1 aliphatic rings. The number of hydrogen-bond donors (Lipinski definition) is 1. The van der Waals surface area contributed by atoms with Gasteiger partial charge in [0.1, 0.15) is 6.04 Å². The van der Waals surface area contributed by atoms with Gasteiger partial charge in [-0.25, -0.2) is 0 Å². The van der Waals surface area contributed by atoms with E-state index in [-0.39, 0.29) is 17.2 Å². The maximum atomic E-state index is 11.4. The minimum absolute atomic E-state index is 0.0474. The van der Waals surface area contributed by atoms with Crippen molar-refractivity contribution in [3.63, 3.8) is 0 Å². The first-order chi connectivity index (χ1) is 9.11. The molecule has 0 bridgehead atoms. The number of carbonyl (C=O) groups is 1. The molecule has 0 saturated carbocycles. The number of aromatic nitrogens is 3. The van der Waals surface area contributed by atoms with Crippen LogP contribution in [0.1, 0.15) is 26.2 Å². The fourth-order valence-corrected chi connectivity index (χ4v) is 2.16. The van der Waals surface area contributed by atoms with Crippen LogP contribution in [0.25, 0.3) is 0 Å². The summed E-state index contributed by atoms with van der Waals surface area (Å²) in [6.45, 7) is 3.15. The first-order valence-corrected chi connectivity index (χ1v) is 6.60. The summed E-state index contributed by atoms with van der Waals surface area (Å²) < 4.78 is 5.34. The smallest absolute Gasteiger partial charge is 0.322 e. The highest BCUT2D eigenvalue weighted by Gasteiger charge is 2.31. The molecule has 1 fully saturated rings. The van der Waals surface area contributed by atoms with Gasteiger partial charge in [-0.2, -0.15) is 15.0 Å². The zero-order valence-corrected chi connectivity index (χ0v) is 11.4. The maximum Gasteiger partial charge on any atom is 0.322 e. The molecule has 2 N–H and O–H groups in total. The van der Waals surface area contributed by atoms with Gasteiger partial charge in [-0.05, 0) is 30.9 Å². The Morgan fingerprint density at radius 1 is 1.53 bits per heavy atom. The van der Waals surface area contributed by atoms with E-state index < -0.39 is 6.04 Å². The van der Waals surface area contributed by atoms with Gasteiger partial charge in [0.25, 0.3) is 0 Å². The third-order valence-electron chi connectivity index (χ3n) is 2.85. The van der Waals surface area contributed by atoms with Crippen molar-refractivity contribution in [2.24, 2.45) is 5.73 Å². The molecule has 2 heterocycles. The molecule has 1 aromatic rings. The van der Waals surface area contributed by atoms with E-state index >= 15 is 0 Å². The van der Waals surface area contributed by atoms with Gasteiger partial charge in [0.2, 0.25) is 17.1 Å². The Morgan fingerprint density at radius 2 is 2.32 bits per heavy atom. The predicted molar refractivity (Wildman–Crippen MR) is 70.2 cm³/mol. The number of nitrogens with zero attached hydrogens (tertiary/aromatic N) is 4. The van der Waals surface area contributed by atoms with Crippen LogP contribution in [0.3, 0.4) is 0 Å². The zero-order chi connectivity index (χ0) is 13.8. The molecule has 1 aliphatic heterocycles. The lowest BCUT2D eigenvalue weighted by Crippen LogP contribution is -2.41. The fourth-order valence-electron chi connectivity index (χ4n) is 2.01. The first-order valence-electron chi connectivity index (χ1n) is 6.22. The molecule has 0 radical (unpaired) electrons. The number of carbonyl (C=O) groups excluding carboxylic acids is 1. The predicted octanol–water partition coefficient (Wildman–Crippen LogP) is 0.768. The van der Waals surface area contributed by atoms with Crippen molar-refractivity contribution in [3.05, 3.63) is 5.28 Å². The quantitative estimate of drug-likeness (QED) is 0.858. The first kappa shape index (κ1) is 13.8. The molecule has 1 atom stereocenters. The number of halogens is 1. The average molecular weight is 286 g/mol. The highest BCUT2D eigenvalue weighted by Crippen LogP contribution is 2.24. The number of anilines is 1. The molecule has 1 aromatic heterocycles. The van der Waals surface area contributed by atoms with Crippen LogP contribution in [0.2, 0.25) is 5.28 Å². The van der Waals surface area contributed by atoms with Crippen LogP contribution >= 0.6 is 11.6 Å². The summed E-state index contributed by atoms with van der Waals surface area (Å²) in [5.41, 5.74) is 5.37. The van der Waals surface area contributed by atoms with E-state index in [1.165, 1.54) is 0 Å². The minimum atomic E-state index is -0.391. The van der Waals surface area contributed by atoms with Crippen LogP contribution in [-0.4, -0.2) is 40.1 Å². The molecule has 2 rings (SSSR count). The number of rotatable bonds is 5. The molecular formula is C11H16ClN5O2. The van der Waals surface area contributed by atoms with Gasteiger partial charge >= 0.3 is 6.01 Å². The van der Waals surface area contributed by atoms with Gasteiger partial charge in [0.15, 0.2) is 0 Å². The van der Waals surface area contributed by atoms with Crippen LogP contribution in [0.5, 0.6) is 6.01 Å². The number of amides is 1. The molecular weight excluding hydrogens is 270 g/mol. The van der Waals surface area contributed by atoms with Gasteiger partial charge in [-0.1, -0.05) is 6.92 Å². The van der Waals surface area contributed by atoms with Gasteiger partial charge < -0.3 is 15.4 Å². The lowest BCUT2D eigenvalue weighted by Gasteiger charge is -2.22. The van der Waals surface area contributed by atoms with Crippen molar-refractivity contribution in [2.75, 3.05) is 18.1 Å². The summed E-state index contributed by atoms with van der Waals surface area (Å²) >= 11 is 5.85. The van der Waals surface area contributed by atoms with Crippen LogP contribution in [-0.2, 0) is 4.79 Å². The Kier molecular flexibility index (Phi) is 4.36. The highest BCUT2D eigenvalue weighted by molar-refractivity contribution is 6.28. The van der Waals surface area contributed by atoms with Crippen LogP contribution < -0.4 is 15.4 Å². The second-order valence-electron chi connectivity index (χ2n) is 4.29. The number of nitrogens with two attached hydrogens (primary N) is 1. The summed E-state index contributed by atoms with van der Waals surface area (Å²) in [5, 5.41) is 0.0474. The third kappa shape index (κ3) is 3.23. The molecule has 1 amide bonds. The molecule has 8 heteroatoms. The highest BCUT2D eigenvalue weighted by atomic mass is 35.5. The van der Waals surface area contributed by atoms with E-state index in [0.717, 1.165) is 12.8 Å². The van der Waals surface area contributed by atoms with Crippen molar-refractivity contribution < 1.29 is 9.53 Å². The van der Waals surface area contributed by atoms with Crippen LogP contribution in [0.4, 0.5) is 5.95 Å². The SMILES string of the molecule is CCCOc1nc(Cl)nc(N2CCCC2C(N)=O)n1. The van der Waals surface area contributed by atoms with Crippen molar-refractivity contribution in [2.45, 2.75) is 32.2 Å². The van der Waals surface area contributed by atoms with E-state index in [1.807, 2.05) is 6.92 Å². The standard InChI is InChI=1S/C11H16ClN5O2/c1-2-6-19-11-15-9(12)14-10(16-11)17-5-3-4-7(17)8(13)18/h7H,2-6H2,1H3,(H2,13,18). The molecule has 0 aliphatic carbocycles. The summed E-state index contributed by atoms with van der Waals surface area (Å²) in [6.07, 6.45) is 2.40. The number of hydrogen-bond acceptors (Lipinski definition) is 6. The summed E-state index contributed by atoms with van der Waals surface area (Å²) in [7, 11) is 0. The van der Waals surface area contributed by atoms with E-state index in [1.54, 1.807) is 4.90 Å². The van der Waals surface area contributed by atoms with Gasteiger partial charge in [-0.3, -0.25) is 4.79 Å². The largest absolute Gasteiger partial charge is 0.463 e. The minimum Gasteiger partial charge on any atom is -0.463 e. The van der Waals surface area contributed by atoms with Gasteiger partial charge in [-0.15, -0.1) is 0 Å². The Balaban J connectivity index is 2.23. The summed E-state index contributed by atoms with van der Waals surface area (Å²) in [5.74, 6) is -0.0440. The molecule has 0 spiro atoms. The topological polar surface area (TPSA) is 94.2 Å². The molecule has 104 valence electrons. The fraction of sp³-hybridized carbons (Fsp3) is 0.636. The number of primary amides is 1. The van der Waals surface area contributed by atoms with E-state index in [2.05, 4.69) is 15.0 Å². The summed E-state index contributed by atoms with van der Waals surface area (Å²) in [4.78, 5) is 25.2. The lowest BCUT2D eigenvalue weighted by atomic mass is 10.2. The second-order valence-corrected chi connectivity index (χ2v) is 4.63. The number of ether oxygens (including phenoxy) is 1. The maximum absolute atomic E-state index is 11.4. The summed E-state index contributed by atoms with van der Waals surface area (Å²) in [6, 6.07) is -0.218. The Hall–Kier alpha value is -1.63. The molecule has 19 heavy (non-hydrogen) atoms. The van der Waals surface area contributed by atoms with E-state index in [4.69, 9.17) is 22.1 Å². The van der Waals surface area contributed by atoms with E-state index in [9.17, 15) is 4.79 Å². The van der Waals surface area contributed by atoms with Gasteiger partial charge in [0.05, 0.1) is 6.61 Å². The van der Waals surface area contributed by atoms with Crippen molar-refractivity contribution >= 4 is 23.5 Å². The molecule has 1 unspecified atom stereocenters. The molecule has 0 aromatic carbocycles. The van der Waals surface area contributed by atoms with Gasteiger partial charge in [0, 0.05) is 6.54 Å². The van der Waals surface area contributed by atoms with E-state index in [0.29, 0.717) is 25.5 Å². The van der Waals surface area contributed by atoms with Crippen molar-refractivity contribution in [1.29, 1.82) is 0 Å². The van der Waals surface area contributed by atoms with Crippen molar-refractivity contribution in [3.8, 4) is 6.01 Å². The Morgan fingerprint density at radius 3 is 3.00 bits per heavy atom. The third-order valence-corrected chi connectivity index (χ3v) is 3.02. The monoisotopic (exact) mass is 285 g/mol. The Bertz CT molecular complexity index is 470. The Labute approximate surface area is 116 Å².